The van der Waals surface area contributed by atoms with Crippen LogP contribution in [0.1, 0.15) is 51.2 Å². The molecule has 4 N–H and O–H groups in total. The molecule has 0 amide bonds. The minimum Gasteiger partial charge on any atom is -0.399 e. The van der Waals surface area contributed by atoms with Crippen molar-refractivity contribution in [3.63, 3.8) is 0 Å². The number of nitrogens with two attached hydrogens (primary N) is 2. The van der Waals surface area contributed by atoms with Gasteiger partial charge >= 0.3 is 0 Å². The van der Waals surface area contributed by atoms with Crippen LogP contribution in [-0.4, -0.2) is 19.1 Å². The van der Waals surface area contributed by atoms with E-state index in [4.69, 9.17) is 39.7 Å². The molecule has 0 aliphatic heterocycles. The molecule has 0 spiro atoms. The van der Waals surface area contributed by atoms with Crippen molar-refractivity contribution in [2.24, 2.45) is 0 Å². The molecule has 0 aliphatic carbocycles. The molecule has 11 heteroatoms. The van der Waals surface area contributed by atoms with Crippen molar-refractivity contribution >= 4 is 79.0 Å². The Morgan fingerprint density at radius 1 is 0.667 bits per heavy atom. The number of benzene rings is 4. The number of anilines is 2. The molecule has 8 nitrogen and oxygen atoms in total. The molecule has 0 radical (unpaired) electrons. The Labute approximate surface area is 283 Å². The summed E-state index contributed by atoms with van der Waals surface area (Å²) in [6, 6.07) is 23.0. The number of aromatic nitrogens is 4. The summed E-state index contributed by atoms with van der Waals surface area (Å²) in [6.45, 7) is 8.04. The highest BCUT2D eigenvalue weighted by Gasteiger charge is 2.18. The lowest BCUT2D eigenvalue weighted by Gasteiger charge is -2.17. The zero-order valence-electron chi connectivity index (χ0n) is 25.1. The Bertz CT molecular complexity index is 2160. The predicted octanol–water partition coefficient (Wildman–Crippen LogP) is 8.09. The van der Waals surface area contributed by atoms with Crippen LogP contribution in [-0.2, 0) is 0 Å². The topological polar surface area (TPSA) is 122 Å². The molecule has 0 fully saturated rings. The Hall–Kier alpha value is -3.93. The zero-order valence-corrected chi connectivity index (χ0v) is 28.7. The van der Waals surface area contributed by atoms with Crippen LogP contribution >= 0.6 is 45.8 Å². The second-order valence-electron chi connectivity index (χ2n) is 11.1. The first-order valence-electron chi connectivity index (χ1n) is 14.2. The molecule has 2 heterocycles. The summed E-state index contributed by atoms with van der Waals surface area (Å²) in [4.78, 5) is 35.3. The van der Waals surface area contributed by atoms with E-state index in [1.807, 2.05) is 52.0 Å². The third-order valence-electron chi connectivity index (χ3n) is 7.16. The molecule has 6 aromatic rings. The van der Waals surface area contributed by atoms with Crippen molar-refractivity contribution < 1.29 is 0 Å². The summed E-state index contributed by atoms with van der Waals surface area (Å²) in [5.74, 6) is 1.58. The smallest absolute Gasteiger partial charge is 0.266 e. The standard InChI is InChI=1S/C17H15ClIN3O.C17H16ClN3O/c1-9(2)16-21-15-12(7-8-13(20)14(15)19)17(23)22(16)11-5-3-10(18)4-6-11;1-10(2)16-20-15-9-12(19)5-8-14(15)17(22)21(16)13-6-3-11(18)4-7-13/h3-9H,20H2,1-2H3;3-10H,19H2,1-2H3. The molecule has 0 aliphatic rings. The van der Waals surface area contributed by atoms with Crippen molar-refractivity contribution in [3.05, 3.63) is 125 Å². The largest absolute Gasteiger partial charge is 0.399 e. The van der Waals surface area contributed by atoms with Crippen LogP contribution in [0.5, 0.6) is 0 Å². The van der Waals surface area contributed by atoms with E-state index in [-0.39, 0.29) is 23.0 Å². The van der Waals surface area contributed by atoms with Crippen LogP contribution in [0.15, 0.2) is 88.5 Å². The van der Waals surface area contributed by atoms with Crippen molar-refractivity contribution in [3.8, 4) is 11.4 Å². The van der Waals surface area contributed by atoms with Crippen LogP contribution in [0.3, 0.4) is 0 Å². The number of nitrogen functional groups attached to an aromatic ring is 2. The lowest BCUT2D eigenvalue weighted by molar-refractivity contribution is 0.723. The van der Waals surface area contributed by atoms with E-state index in [1.54, 1.807) is 63.7 Å². The fourth-order valence-electron chi connectivity index (χ4n) is 4.92. The van der Waals surface area contributed by atoms with Crippen molar-refractivity contribution in [1.29, 1.82) is 0 Å². The highest BCUT2D eigenvalue weighted by molar-refractivity contribution is 14.1. The summed E-state index contributed by atoms with van der Waals surface area (Å²) in [5, 5.41) is 2.37. The number of nitrogens with zero attached hydrogens (tertiary/aromatic N) is 4. The van der Waals surface area contributed by atoms with Gasteiger partial charge in [0.15, 0.2) is 0 Å². The normalized spacial score (nSPS) is 11.3. The van der Waals surface area contributed by atoms with Crippen LogP contribution in [0.25, 0.3) is 33.2 Å². The monoisotopic (exact) mass is 752 g/mol. The van der Waals surface area contributed by atoms with E-state index in [2.05, 4.69) is 27.6 Å². The summed E-state index contributed by atoms with van der Waals surface area (Å²) in [6.07, 6.45) is 0. The van der Waals surface area contributed by atoms with Gasteiger partial charge in [-0.1, -0.05) is 50.9 Å². The molecule has 230 valence electrons. The van der Waals surface area contributed by atoms with Crippen LogP contribution in [0.2, 0.25) is 10.0 Å². The van der Waals surface area contributed by atoms with E-state index in [0.29, 0.717) is 54.9 Å². The molecule has 45 heavy (non-hydrogen) atoms. The van der Waals surface area contributed by atoms with Crippen LogP contribution in [0.4, 0.5) is 11.4 Å². The second-order valence-corrected chi connectivity index (χ2v) is 13.1. The van der Waals surface area contributed by atoms with Gasteiger partial charge in [0.05, 0.1) is 36.8 Å². The van der Waals surface area contributed by atoms with Gasteiger partial charge in [-0.25, -0.2) is 9.97 Å². The van der Waals surface area contributed by atoms with Gasteiger partial charge in [-0.2, -0.15) is 0 Å². The maximum absolute atomic E-state index is 13.0. The first kappa shape index (κ1) is 32.5. The molecular formula is C34H31Cl2IN6O2. The molecular weight excluding hydrogens is 722 g/mol. The van der Waals surface area contributed by atoms with Crippen molar-refractivity contribution in [2.45, 2.75) is 39.5 Å². The lowest BCUT2D eigenvalue weighted by Crippen LogP contribution is -2.25. The Balaban J connectivity index is 0.000000178. The third-order valence-corrected chi connectivity index (χ3v) is 8.79. The Morgan fingerprint density at radius 3 is 1.64 bits per heavy atom. The molecule has 4 aromatic carbocycles. The number of halogens is 3. The summed E-state index contributed by atoms with van der Waals surface area (Å²) >= 11 is 14.0. The highest BCUT2D eigenvalue weighted by atomic mass is 127. The number of hydrogen-bond acceptors (Lipinski definition) is 6. The Morgan fingerprint density at radius 2 is 1.13 bits per heavy atom. The van der Waals surface area contributed by atoms with Gasteiger partial charge < -0.3 is 11.5 Å². The minimum absolute atomic E-state index is 0.0833. The fraction of sp³-hybridized carbons (Fsp3) is 0.176. The number of rotatable bonds is 4. The SMILES string of the molecule is CC(C)c1nc2c(I)c(N)ccc2c(=O)n1-c1ccc(Cl)cc1.CC(C)c1nc2cc(N)ccc2c(=O)n1-c1ccc(Cl)cc1. The van der Waals surface area contributed by atoms with E-state index in [9.17, 15) is 9.59 Å². The zero-order chi connectivity index (χ0) is 32.6. The number of fused-ring (bicyclic) bond motifs is 2. The second kappa shape index (κ2) is 13.2. The average molecular weight is 753 g/mol. The van der Waals surface area contributed by atoms with Gasteiger partial charge in [0, 0.05) is 33.3 Å². The Kier molecular flexibility index (Phi) is 9.52. The maximum Gasteiger partial charge on any atom is 0.266 e. The molecule has 6 rings (SSSR count). The van der Waals surface area contributed by atoms with Crippen molar-refractivity contribution in [2.75, 3.05) is 11.5 Å². The van der Waals surface area contributed by atoms with Crippen LogP contribution in [0, 0.1) is 3.57 Å². The first-order chi connectivity index (χ1) is 21.4. The van der Waals surface area contributed by atoms with E-state index >= 15 is 0 Å². The maximum atomic E-state index is 13.0. The molecule has 0 atom stereocenters. The highest BCUT2D eigenvalue weighted by Crippen LogP contribution is 2.26. The van der Waals surface area contributed by atoms with Gasteiger partial charge in [-0.3, -0.25) is 18.7 Å². The predicted molar refractivity (Wildman–Crippen MR) is 194 cm³/mol. The van der Waals surface area contributed by atoms with Gasteiger partial charge in [-0.05, 0) is 101 Å². The minimum atomic E-state index is -0.101. The summed E-state index contributed by atoms with van der Waals surface area (Å²) in [7, 11) is 0. The van der Waals surface area contributed by atoms with Crippen LogP contribution < -0.4 is 22.6 Å². The molecule has 0 saturated heterocycles. The molecule has 0 bridgehead atoms. The first-order valence-corrected chi connectivity index (χ1v) is 16.1. The van der Waals surface area contributed by atoms with E-state index in [1.165, 1.54) is 0 Å². The quantitative estimate of drug-likeness (QED) is 0.139. The van der Waals surface area contributed by atoms with Crippen molar-refractivity contribution in [1.82, 2.24) is 19.1 Å². The van der Waals surface area contributed by atoms with Gasteiger partial charge in [-0.15, -0.1) is 0 Å². The lowest BCUT2D eigenvalue weighted by atomic mass is 10.1. The summed E-state index contributed by atoms with van der Waals surface area (Å²) in [5.41, 5.74) is 15.6. The van der Waals surface area contributed by atoms with Gasteiger partial charge in [0.2, 0.25) is 0 Å². The molecule has 0 saturated carbocycles. The average Bonchev–Trinajstić information content (AvgIpc) is 3.00. The number of hydrogen-bond donors (Lipinski definition) is 2. The molecule has 0 unspecified atom stereocenters. The van der Waals surface area contributed by atoms with E-state index < -0.39 is 0 Å². The van der Waals surface area contributed by atoms with Gasteiger partial charge in [0.25, 0.3) is 11.1 Å². The molecule has 2 aromatic heterocycles. The van der Waals surface area contributed by atoms with E-state index in [0.717, 1.165) is 14.9 Å². The fourth-order valence-corrected chi connectivity index (χ4v) is 5.77. The third kappa shape index (κ3) is 6.56. The van der Waals surface area contributed by atoms with Gasteiger partial charge in [0.1, 0.15) is 11.6 Å². The summed E-state index contributed by atoms with van der Waals surface area (Å²) < 4.78 is 4.09.